The molecule has 0 fully saturated rings. The lowest BCUT2D eigenvalue weighted by molar-refractivity contribution is 0.0748. The van der Waals surface area contributed by atoms with Crippen molar-refractivity contribution in [1.82, 2.24) is 0 Å². The van der Waals surface area contributed by atoms with Gasteiger partial charge in [0, 0.05) is 6.26 Å². The molecule has 1 aromatic carbocycles. The molecule has 0 saturated heterocycles. The minimum absolute atomic E-state index is 0.00421. The first-order valence-corrected chi connectivity index (χ1v) is 9.40. The molecule has 0 unspecified atom stereocenters. The van der Waals surface area contributed by atoms with E-state index in [0.717, 1.165) is 18.6 Å². The summed E-state index contributed by atoms with van der Waals surface area (Å²) < 4.78 is 49.5. The first kappa shape index (κ1) is 16.6. The maximum Gasteiger partial charge on any atom is 0.353 e. The van der Waals surface area contributed by atoms with E-state index < -0.39 is 25.9 Å². The fourth-order valence-electron chi connectivity index (χ4n) is 1.65. The van der Waals surface area contributed by atoms with Crippen molar-refractivity contribution >= 4 is 25.9 Å². The summed E-state index contributed by atoms with van der Waals surface area (Å²) in [6.45, 7) is 3.64. The molecule has 0 radical (unpaired) electrons. The average molecular weight is 320 g/mol. The summed E-state index contributed by atoms with van der Waals surface area (Å²) in [6.07, 6.45) is 1.77. The number of sulfone groups is 1. The van der Waals surface area contributed by atoms with Gasteiger partial charge in [-0.1, -0.05) is 19.9 Å². The van der Waals surface area contributed by atoms with Gasteiger partial charge in [0.25, 0.3) is 0 Å². The van der Waals surface area contributed by atoms with Crippen molar-refractivity contribution < 1.29 is 25.8 Å². The Kier molecular flexibility index (Phi) is 4.60. The second-order valence-corrected chi connectivity index (χ2v) is 8.31. The molecule has 8 heteroatoms. The van der Waals surface area contributed by atoms with Gasteiger partial charge >= 0.3 is 16.1 Å². The van der Waals surface area contributed by atoms with Crippen molar-refractivity contribution in [2.75, 3.05) is 12.5 Å². The highest BCUT2D eigenvalue weighted by molar-refractivity contribution is 7.90. The lowest BCUT2D eigenvalue weighted by atomic mass is 10.0. The Morgan fingerprint density at radius 1 is 1.10 bits per heavy atom. The van der Waals surface area contributed by atoms with Gasteiger partial charge in [0.1, 0.15) is 0 Å². The average Bonchev–Trinajstić information content (AvgIpc) is 2.24. The van der Waals surface area contributed by atoms with Crippen LogP contribution in [0.25, 0.3) is 0 Å². The predicted molar refractivity (Wildman–Crippen MR) is 73.9 cm³/mol. The second-order valence-electron chi connectivity index (χ2n) is 4.75. The first-order valence-electron chi connectivity index (χ1n) is 5.69. The summed E-state index contributed by atoms with van der Waals surface area (Å²) >= 11 is 0. The molecular weight excluding hydrogens is 304 g/mol. The molecule has 0 amide bonds. The van der Waals surface area contributed by atoms with Crippen LogP contribution < -0.4 is 0 Å². The molecule has 6 nitrogen and oxygen atoms in total. The summed E-state index contributed by atoms with van der Waals surface area (Å²) in [6, 6.07) is 3.97. The zero-order valence-corrected chi connectivity index (χ0v) is 13.2. The van der Waals surface area contributed by atoms with E-state index in [1.807, 2.05) is 13.8 Å². The van der Waals surface area contributed by atoms with Crippen molar-refractivity contribution in [2.45, 2.75) is 24.7 Å². The molecule has 1 aromatic rings. The summed E-state index contributed by atoms with van der Waals surface area (Å²) in [7, 11) is -7.48. The minimum Gasteiger partial charge on any atom is -0.341 e. The van der Waals surface area contributed by atoms with Crippen LogP contribution in [-0.2, 0) is 24.1 Å². The van der Waals surface area contributed by atoms with Gasteiger partial charge in [-0.3, -0.25) is 0 Å². The fourth-order valence-corrected chi connectivity index (χ4v) is 3.09. The standard InChI is InChI=1S/C12H16O6S2/c1-8(2)10-6-5-9(7-11(10)19(3,14)15)12(13)18-20(4,16)17/h5-8H,1-4H3. The zero-order valence-electron chi connectivity index (χ0n) is 11.6. The quantitative estimate of drug-likeness (QED) is 0.777. The SMILES string of the molecule is CC(C)c1ccc(C(=O)OS(C)(=O)=O)cc1S(C)(=O)=O. The largest absolute Gasteiger partial charge is 0.353 e. The topological polar surface area (TPSA) is 94.6 Å². The number of carbonyl (C=O) groups is 1. The molecule has 0 bridgehead atoms. The van der Waals surface area contributed by atoms with Crippen LogP contribution in [0.15, 0.2) is 23.1 Å². The molecule has 0 aliphatic carbocycles. The highest BCUT2D eigenvalue weighted by Gasteiger charge is 2.20. The molecule has 1 rings (SSSR count). The Labute approximate surface area is 118 Å². The molecular formula is C12H16O6S2. The summed E-state index contributed by atoms with van der Waals surface area (Å²) in [5, 5.41) is 0. The summed E-state index contributed by atoms with van der Waals surface area (Å²) in [5.41, 5.74) is 0.434. The maximum atomic E-state index is 11.7. The Hall–Kier alpha value is -1.41. The van der Waals surface area contributed by atoms with Crippen LogP contribution in [0.1, 0.15) is 35.7 Å². The van der Waals surface area contributed by atoms with Gasteiger partial charge < -0.3 is 4.18 Å². The molecule has 0 spiro atoms. The van der Waals surface area contributed by atoms with E-state index in [-0.39, 0.29) is 16.4 Å². The smallest absolute Gasteiger partial charge is 0.341 e. The molecule has 0 atom stereocenters. The highest BCUT2D eigenvalue weighted by atomic mass is 32.2. The molecule has 112 valence electrons. The Balaban J connectivity index is 3.38. The molecule has 0 saturated carbocycles. The first-order chi connectivity index (χ1) is 8.92. The third kappa shape index (κ3) is 4.31. The Morgan fingerprint density at radius 2 is 1.65 bits per heavy atom. The predicted octanol–water partition coefficient (Wildman–Crippen LogP) is 1.33. The monoisotopic (exact) mass is 320 g/mol. The Bertz CT molecular complexity index is 729. The number of rotatable bonds is 4. The molecule has 0 heterocycles. The minimum atomic E-state index is -3.95. The van der Waals surface area contributed by atoms with Gasteiger partial charge in [-0.25, -0.2) is 13.2 Å². The van der Waals surface area contributed by atoms with E-state index in [4.69, 9.17) is 0 Å². The summed E-state index contributed by atoms with van der Waals surface area (Å²) in [5.74, 6) is -1.16. The van der Waals surface area contributed by atoms with Crippen molar-refractivity contribution in [1.29, 1.82) is 0 Å². The van der Waals surface area contributed by atoms with Gasteiger partial charge in [-0.05, 0) is 23.6 Å². The van der Waals surface area contributed by atoms with Crippen LogP contribution in [0.3, 0.4) is 0 Å². The van der Waals surface area contributed by atoms with Crippen LogP contribution >= 0.6 is 0 Å². The summed E-state index contributed by atoms with van der Waals surface area (Å²) in [4.78, 5) is 11.6. The van der Waals surface area contributed by atoms with Crippen molar-refractivity contribution in [3.8, 4) is 0 Å². The molecule has 0 N–H and O–H groups in total. The third-order valence-electron chi connectivity index (χ3n) is 2.50. The number of hydrogen-bond acceptors (Lipinski definition) is 6. The van der Waals surface area contributed by atoms with Crippen LogP contribution in [-0.4, -0.2) is 35.3 Å². The van der Waals surface area contributed by atoms with E-state index in [1.54, 1.807) is 0 Å². The van der Waals surface area contributed by atoms with Gasteiger partial charge in [0.2, 0.25) is 0 Å². The van der Waals surface area contributed by atoms with Crippen molar-refractivity contribution in [3.63, 3.8) is 0 Å². The molecule has 0 aromatic heterocycles. The van der Waals surface area contributed by atoms with E-state index in [2.05, 4.69) is 4.18 Å². The Morgan fingerprint density at radius 3 is 2.05 bits per heavy atom. The zero-order chi connectivity index (χ0) is 15.7. The number of benzene rings is 1. The van der Waals surface area contributed by atoms with Crippen LogP contribution in [0.5, 0.6) is 0 Å². The van der Waals surface area contributed by atoms with E-state index in [1.165, 1.54) is 12.1 Å². The van der Waals surface area contributed by atoms with E-state index in [0.29, 0.717) is 5.56 Å². The van der Waals surface area contributed by atoms with Crippen LogP contribution in [0, 0.1) is 0 Å². The second kappa shape index (κ2) is 5.53. The third-order valence-corrected chi connectivity index (χ3v) is 4.10. The fraction of sp³-hybridized carbons (Fsp3) is 0.417. The van der Waals surface area contributed by atoms with Gasteiger partial charge in [0.05, 0.1) is 16.7 Å². The number of hydrogen-bond donors (Lipinski definition) is 0. The maximum absolute atomic E-state index is 11.7. The lowest BCUT2D eigenvalue weighted by Crippen LogP contribution is -2.13. The molecule has 20 heavy (non-hydrogen) atoms. The van der Waals surface area contributed by atoms with Crippen LogP contribution in [0.4, 0.5) is 0 Å². The van der Waals surface area contributed by atoms with Gasteiger partial charge in [0.15, 0.2) is 9.84 Å². The van der Waals surface area contributed by atoms with Crippen molar-refractivity contribution in [2.24, 2.45) is 0 Å². The normalized spacial score (nSPS) is 12.4. The molecule has 0 aliphatic heterocycles. The van der Waals surface area contributed by atoms with E-state index >= 15 is 0 Å². The lowest BCUT2D eigenvalue weighted by Gasteiger charge is -2.12. The molecule has 0 aliphatic rings. The highest BCUT2D eigenvalue weighted by Crippen LogP contribution is 2.25. The van der Waals surface area contributed by atoms with Gasteiger partial charge in [-0.15, -0.1) is 0 Å². The van der Waals surface area contributed by atoms with Gasteiger partial charge in [-0.2, -0.15) is 8.42 Å². The number of carbonyl (C=O) groups excluding carboxylic acids is 1. The van der Waals surface area contributed by atoms with Crippen LogP contribution in [0.2, 0.25) is 0 Å². The van der Waals surface area contributed by atoms with Crippen molar-refractivity contribution in [3.05, 3.63) is 29.3 Å². The van der Waals surface area contributed by atoms with E-state index in [9.17, 15) is 21.6 Å².